The molecule has 1 aliphatic heterocycles. The molecule has 4 nitrogen and oxygen atoms in total. The molecule has 13 heavy (non-hydrogen) atoms. The van der Waals surface area contributed by atoms with Gasteiger partial charge in [-0.15, -0.1) is 0 Å². The van der Waals surface area contributed by atoms with Crippen molar-refractivity contribution in [2.75, 3.05) is 33.3 Å². The van der Waals surface area contributed by atoms with E-state index in [1.165, 1.54) is 0 Å². The predicted molar refractivity (Wildman–Crippen MR) is 50.5 cm³/mol. The topological polar surface area (TPSA) is 41.6 Å². The minimum atomic E-state index is 0.135. The highest BCUT2D eigenvalue weighted by atomic mass is 16.5. The monoisotopic (exact) mass is 186 g/mol. The van der Waals surface area contributed by atoms with Gasteiger partial charge in [-0.1, -0.05) is 0 Å². The lowest BCUT2D eigenvalue weighted by Gasteiger charge is -2.27. The van der Waals surface area contributed by atoms with E-state index >= 15 is 0 Å². The predicted octanol–water partition coefficient (Wildman–Crippen LogP) is -0.157. The number of hydrogen-bond acceptors (Lipinski definition) is 3. The van der Waals surface area contributed by atoms with Crippen molar-refractivity contribution in [3.63, 3.8) is 0 Å². The molecule has 1 heterocycles. The molecule has 1 amide bonds. The van der Waals surface area contributed by atoms with E-state index < -0.39 is 0 Å². The van der Waals surface area contributed by atoms with Gasteiger partial charge in [0, 0.05) is 26.7 Å². The molecule has 1 N–H and O–H groups in total. The largest absolute Gasteiger partial charge is 0.382 e. The zero-order valence-corrected chi connectivity index (χ0v) is 8.38. The third-order valence-electron chi connectivity index (χ3n) is 2.37. The molecule has 1 atom stereocenters. The van der Waals surface area contributed by atoms with Crippen molar-refractivity contribution in [2.24, 2.45) is 0 Å². The van der Waals surface area contributed by atoms with Gasteiger partial charge in [0.1, 0.15) is 0 Å². The molecule has 1 rings (SSSR count). The SMILES string of the molecule is COC(C)CCN1CCNC(=O)C1. The number of amides is 1. The fraction of sp³-hybridized carbons (Fsp3) is 0.889. The second kappa shape index (κ2) is 5.19. The number of carbonyl (C=O) groups excluding carboxylic acids is 1. The number of carbonyl (C=O) groups is 1. The van der Waals surface area contributed by atoms with Gasteiger partial charge in [0.2, 0.25) is 5.91 Å². The zero-order valence-electron chi connectivity index (χ0n) is 8.38. The van der Waals surface area contributed by atoms with Crippen molar-refractivity contribution in [2.45, 2.75) is 19.4 Å². The van der Waals surface area contributed by atoms with Gasteiger partial charge >= 0.3 is 0 Å². The van der Waals surface area contributed by atoms with E-state index in [1.807, 2.05) is 6.92 Å². The first-order chi connectivity index (χ1) is 6.22. The van der Waals surface area contributed by atoms with Crippen LogP contribution in [0, 0.1) is 0 Å². The Labute approximate surface area is 79.2 Å². The van der Waals surface area contributed by atoms with E-state index in [9.17, 15) is 4.79 Å². The number of rotatable bonds is 4. The van der Waals surface area contributed by atoms with Crippen LogP contribution in [-0.2, 0) is 9.53 Å². The maximum Gasteiger partial charge on any atom is 0.234 e. The Morgan fingerprint density at radius 2 is 2.46 bits per heavy atom. The third kappa shape index (κ3) is 3.74. The van der Waals surface area contributed by atoms with E-state index in [0.29, 0.717) is 6.54 Å². The first-order valence-electron chi connectivity index (χ1n) is 4.74. The molecule has 1 unspecified atom stereocenters. The van der Waals surface area contributed by atoms with Crippen LogP contribution in [0.4, 0.5) is 0 Å². The Balaban J connectivity index is 2.17. The van der Waals surface area contributed by atoms with Crippen molar-refractivity contribution in [1.29, 1.82) is 0 Å². The third-order valence-corrected chi connectivity index (χ3v) is 2.37. The van der Waals surface area contributed by atoms with Crippen molar-refractivity contribution in [3.8, 4) is 0 Å². The van der Waals surface area contributed by atoms with Crippen LogP contribution in [0.3, 0.4) is 0 Å². The second-order valence-corrected chi connectivity index (χ2v) is 3.46. The van der Waals surface area contributed by atoms with Gasteiger partial charge in [-0.2, -0.15) is 0 Å². The van der Waals surface area contributed by atoms with Crippen LogP contribution in [-0.4, -0.2) is 50.2 Å². The number of methoxy groups -OCH3 is 1. The van der Waals surface area contributed by atoms with Crippen LogP contribution in [0.1, 0.15) is 13.3 Å². The fourth-order valence-corrected chi connectivity index (χ4v) is 1.36. The summed E-state index contributed by atoms with van der Waals surface area (Å²) in [5.41, 5.74) is 0. The van der Waals surface area contributed by atoms with Gasteiger partial charge in [0.05, 0.1) is 12.6 Å². The Hall–Kier alpha value is -0.610. The molecule has 76 valence electrons. The number of hydrogen-bond donors (Lipinski definition) is 1. The highest BCUT2D eigenvalue weighted by Gasteiger charge is 2.15. The molecule has 1 fully saturated rings. The van der Waals surface area contributed by atoms with Gasteiger partial charge in [-0.05, 0) is 13.3 Å². The molecule has 0 bridgehead atoms. The van der Waals surface area contributed by atoms with Gasteiger partial charge in [-0.3, -0.25) is 9.69 Å². The average molecular weight is 186 g/mol. The second-order valence-electron chi connectivity index (χ2n) is 3.46. The van der Waals surface area contributed by atoms with Gasteiger partial charge in [0.15, 0.2) is 0 Å². The summed E-state index contributed by atoms with van der Waals surface area (Å²) in [6, 6.07) is 0. The molecule has 0 spiro atoms. The lowest BCUT2D eigenvalue weighted by Crippen LogP contribution is -2.48. The molecule has 1 saturated heterocycles. The molecule has 0 aromatic carbocycles. The molecular formula is C9H18N2O2. The number of ether oxygens (including phenoxy) is 1. The van der Waals surface area contributed by atoms with Crippen LogP contribution in [0.25, 0.3) is 0 Å². The summed E-state index contributed by atoms with van der Waals surface area (Å²) in [5, 5.41) is 2.80. The quantitative estimate of drug-likeness (QED) is 0.663. The lowest BCUT2D eigenvalue weighted by atomic mass is 10.2. The highest BCUT2D eigenvalue weighted by Crippen LogP contribution is 2.00. The van der Waals surface area contributed by atoms with Gasteiger partial charge < -0.3 is 10.1 Å². The minimum absolute atomic E-state index is 0.135. The summed E-state index contributed by atoms with van der Waals surface area (Å²) in [5.74, 6) is 0.135. The van der Waals surface area contributed by atoms with E-state index in [-0.39, 0.29) is 12.0 Å². The number of nitrogens with zero attached hydrogens (tertiary/aromatic N) is 1. The Morgan fingerprint density at radius 3 is 3.08 bits per heavy atom. The summed E-state index contributed by atoms with van der Waals surface area (Å²) in [6.07, 6.45) is 1.27. The first-order valence-corrected chi connectivity index (χ1v) is 4.74. The Morgan fingerprint density at radius 1 is 1.69 bits per heavy atom. The summed E-state index contributed by atoms with van der Waals surface area (Å²) in [7, 11) is 1.72. The maximum atomic E-state index is 11.0. The van der Waals surface area contributed by atoms with Gasteiger partial charge in [0.25, 0.3) is 0 Å². The molecule has 0 saturated carbocycles. The average Bonchev–Trinajstić information content (AvgIpc) is 2.14. The molecule has 0 aliphatic carbocycles. The Bertz CT molecular complexity index is 173. The summed E-state index contributed by atoms with van der Waals surface area (Å²) < 4.78 is 5.14. The van der Waals surface area contributed by atoms with Crippen LogP contribution in [0.15, 0.2) is 0 Å². The van der Waals surface area contributed by atoms with Crippen molar-refractivity contribution >= 4 is 5.91 Å². The molecule has 4 heteroatoms. The van der Waals surface area contributed by atoms with Crippen molar-refractivity contribution < 1.29 is 9.53 Å². The molecule has 0 radical (unpaired) electrons. The summed E-state index contributed by atoms with van der Waals surface area (Å²) in [6.45, 7) is 5.27. The lowest BCUT2D eigenvalue weighted by molar-refractivity contribution is -0.124. The van der Waals surface area contributed by atoms with E-state index in [1.54, 1.807) is 7.11 Å². The van der Waals surface area contributed by atoms with Crippen LogP contribution >= 0.6 is 0 Å². The number of nitrogens with one attached hydrogen (secondary N) is 1. The van der Waals surface area contributed by atoms with Crippen LogP contribution in [0.2, 0.25) is 0 Å². The van der Waals surface area contributed by atoms with E-state index in [0.717, 1.165) is 26.1 Å². The minimum Gasteiger partial charge on any atom is -0.382 e. The zero-order chi connectivity index (χ0) is 9.68. The van der Waals surface area contributed by atoms with Crippen molar-refractivity contribution in [3.05, 3.63) is 0 Å². The van der Waals surface area contributed by atoms with E-state index in [2.05, 4.69) is 10.2 Å². The number of piperazine rings is 1. The van der Waals surface area contributed by atoms with Gasteiger partial charge in [-0.25, -0.2) is 0 Å². The first kappa shape index (κ1) is 10.5. The maximum absolute atomic E-state index is 11.0. The molecular weight excluding hydrogens is 168 g/mol. The molecule has 0 aromatic rings. The van der Waals surface area contributed by atoms with Crippen molar-refractivity contribution in [1.82, 2.24) is 10.2 Å². The molecule has 0 aromatic heterocycles. The normalized spacial score (nSPS) is 21.2. The standard InChI is InChI=1S/C9H18N2O2/c1-8(13-2)3-5-11-6-4-10-9(12)7-11/h8H,3-7H2,1-2H3,(H,10,12). The molecule has 1 aliphatic rings. The van der Waals surface area contributed by atoms with Crippen LogP contribution in [0.5, 0.6) is 0 Å². The summed E-state index contributed by atoms with van der Waals surface area (Å²) in [4.78, 5) is 13.2. The van der Waals surface area contributed by atoms with E-state index in [4.69, 9.17) is 4.74 Å². The van der Waals surface area contributed by atoms with Crippen LogP contribution < -0.4 is 5.32 Å². The summed E-state index contributed by atoms with van der Waals surface area (Å²) >= 11 is 0. The highest BCUT2D eigenvalue weighted by molar-refractivity contribution is 5.78. The Kier molecular flexibility index (Phi) is 4.18. The smallest absolute Gasteiger partial charge is 0.234 e. The fourth-order valence-electron chi connectivity index (χ4n) is 1.36.